The molecule has 92 valence electrons. The highest BCUT2D eigenvalue weighted by molar-refractivity contribution is 7.89. The third kappa shape index (κ3) is 8.84. The van der Waals surface area contributed by atoms with Gasteiger partial charge in [-0.3, -0.25) is 0 Å². The number of rotatable bonds is 9. The van der Waals surface area contributed by atoms with Crippen molar-refractivity contribution < 1.29 is 8.42 Å². The van der Waals surface area contributed by atoms with Crippen molar-refractivity contribution in [2.45, 2.75) is 52.0 Å². The van der Waals surface area contributed by atoms with Gasteiger partial charge in [0.05, 0.1) is 5.75 Å². The fraction of sp³-hybridized carbons (Fsp3) is 1.00. The number of unbranched alkanes of at least 4 members (excludes halogenated alkanes) is 3. The van der Waals surface area contributed by atoms with Crippen molar-refractivity contribution in [1.82, 2.24) is 4.72 Å². The lowest BCUT2D eigenvalue weighted by molar-refractivity contribution is 0.522. The smallest absolute Gasteiger partial charge is 0.213 e. The highest BCUT2D eigenvalue weighted by Gasteiger charge is 2.12. The molecule has 0 heterocycles. The van der Waals surface area contributed by atoms with Gasteiger partial charge in [-0.25, -0.2) is 13.1 Å². The van der Waals surface area contributed by atoms with Crippen LogP contribution in [0, 0.1) is 0 Å². The molecule has 0 rings (SSSR count). The van der Waals surface area contributed by atoms with Gasteiger partial charge < -0.3 is 5.73 Å². The molecule has 0 aliphatic heterocycles. The summed E-state index contributed by atoms with van der Waals surface area (Å²) in [5, 5.41) is 0. The molecule has 0 saturated heterocycles. The summed E-state index contributed by atoms with van der Waals surface area (Å²) in [6.45, 7) is 4.24. The van der Waals surface area contributed by atoms with Crippen molar-refractivity contribution in [3.05, 3.63) is 0 Å². The van der Waals surface area contributed by atoms with Crippen LogP contribution >= 0.6 is 0 Å². The molecule has 0 aliphatic rings. The Morgan fingerprint density at radius 3 is 2.47 bits per heavy atom. The molecule has 0 aromatic carbocycles. The van der Waals surface area contributed by atoms with Crippen LogP contribution in [0.3, 0.4) is 0 Å². The van der Waals surface area contributed by atoms with Gasteiger partial charge in [-0.1, -0.05) is 32.6 Å². The van der Waals surface area contributed by atoms with E-state index in [4.69, 9.17) is 5.73 Å². The van der Waals surface area contributed by atoms with Crippen LogP contribution < -0.4 is 10.5 Å². The molecule has 0 spiro atoms. The first-order valence-electron chi connectivity index (χ1n) is 5.72. The molecule has 0 bridgehead atoms. The van der Waals surface area contributed by atoms with E-state index >= 15 is 0 Å². The van der Waals surface area contributed by atoms with Gasteiger partial charge in [-0.15, -0.1) is 0 Å². The summed E-state index contributed by atoms with van der Waals surface area (Å²) in [6, 6.07) is 0.0263. The molecule has 1 atom stereocenters. The van der Waals surface area contributed by atoms with Gasteiger partial charge in [0, 0.05) is 12.6 Å². The van der Waals surface area contributed by atoms with E-state index in [1.807, 2.05) is 6.92 Å². The molecule has 0 aromatic heterocycles. The van der Waals surface area contributed by atoms with Crippen molar-refractivity contribution in [3.63, 3.8) is 0 Å². The van der Waals surface area contributed by atoms with Crippen LogP contribution in [-0.4, -0.2) is 26.8 Å². The number of hydrogen-bond acceptors (Lipinski definition) is 3. The Morgan fingerprint density at radius 2 is 1.93 bits per heavy atom. The van der Waals surface area contributed by atoms with Gasteiger partial charge in [0.25, 0.3) is 0 Å². The monoisotopic (exact) mass is 236 g/mol. The van der Waals surface area contributed by atoms with Gasteiger partial charge in [-0.2, -0.15) is 0 Å². The van der Waals surface area contributed by atoms with Gasteiger partial charge >= 0.3 is 0 Å². The topological polar surface area (TPSA) is 72.2 Å². The highest BCUT2D eigenvalue weighted by Crippen LogP contribution is 2.05. The van der Waals surface area contributed by atoms with Crippen LogP contribution in [0.15, 0.2) is 0 Å². The van der Waals surface area contributed by atoms with Gasteiger partial charge in [0.15, 0.2) is 0 Å². The zero-order valence-corrected chi connectivity index (χ0v) is 10.6. The molecular weight excluding hydrogens is 212 g/mol. The summed E-state index contributed by atoms with van der Waals surface area (Å²) in [7, 11) is -3.15. The van der Waals surface area contributed by atoms with E-state index in [9.17, 15) is 8.42 Å². The lowest BCUT2D eigenvalue weighted by atomic mass is 10.1. The summed E-state index contributed by atoms with van der Waals surface area (Å²) < 4.78 is 25.3. The highest BCUT2D eigenvalue weighted by atomic mass is 32.2. The molecule has 15 heavy (non-hydrogen) atoms. The van der Waals surface area contributed by atoms with E-state index in [0.29, 0.717) is 0 Å². The van der Waals surface area contributed by atoms with Crippen LogP contribution in [0.5, 0.6) is 0 Å². The maximum atomic E-state index is 11.3. The van der Waals surface area contributed by atoms with E-state index < -0.39 is 10.0 Å². The lowest BCUT2D eigenvalue weighted by Gasteiger charge is -2.13. The molecule has 0 fully saturated rings. The Balaban J connectivity index is 3.68. The molecule has 5 heteroatoms. The fourth-order valence-corrected chi connectivity index (χ4v) is 2.62. The van der Waals surface area contributed by atoms with E-state index in [-0.39, 0.29) is 18.3 Å². The second kappa shape index (κ2) is 8.07. The average molecular weight is 236 g/mol. The first-order valence-corrected chi connectivity index (χ1v) is 7.37. The number of nitrogens with two attached hydrogens (primary N) is 1. The van der Waals surface area contributed by atoms with Gasteiger partial charge in [-0.05, 0) is 13.3 Å². The third-order valence-corrected chi connectivity index (χ3v) is 3.79. The maximum Gasteiger partial charge on any atom is 0.213 e. The first kappa shape index (κ1) is 14.9. The molecule has 3 N–H and O–H groups in total. The summed E-state index contributed by atoms with van der Waals surface area (Å²) in [5.41, 5.74) is 5.21. The largest absolute Gasteiger partial charge is 0.329 e. The summed E-state index contributed by atoms with van der Waals surface area (Å²) in [6.07, 6.45) is 5.60. The molecule has 0 amide bonds. The third-order valence-electron chi connectivity index (χ3n) is 2.26. The van der Waals surface area contributed by atoms with Crippen molar-refractivity contribution in [1.29, 1.82) is 0 Å². The molecule has 0 aliphatic carbocycles. The lowest BCUT2D eigenvalue weighted by Crippen LogP contribution is -2.36. The van der Waals surface area contributed by atoms with Crippen LogP contribution in [0.1, 0.15) is 46.0 Å². The Morgan fingerprint density at radius 1 is 1.27 bits per heavy atom. The van der Waals surface area contributed by atoms with Crippen molar-refractivity contribution in [3.8, 4) is 0 Å². The van der Waals surface area contributed by atoms with Gasteiger partial charge in [0.2, 0.25) is 10.0 Å². The zero-order chi connectivity index (χ0) is 11.7. The maximum absolute atomic E-state index is 11.3. The second-order valence-electron chi connectivity index (χ2n) is 3.98. The SMILES string of the molecule is CCCCCCC(C)NS(=O)(=O)CCN. The number of hydrogen-bond donors (Lipinski definition) is 2. The van der Waals surface area contributed by atoms with Gasteiger partial charge in [0.1, 0.15) is 0 Å². The Labute approximate surface area is 93.7 Å². The van der Waals surface area contributed by atoms with Crippen LogP contribution in [-0.2, 0) is 10.0 Å². The number of sulfonamides is 1. The molecule has 0 radical (unpaired) electrons. The molecule has 0 saturated carbocycles. The minimum absolute atomic E-state index is 0.0201. The van der Waals surface area contributed by atoms with E-state index in [0.717, 1.165) is 12.8 Å². The second-order valence-corrected chi connectivity index (χ2v) is 5.85. The predicted octanol–water partition coefficient (Wildman–Crippen LogP) is 1.22. The minimum atomic E-state index is -3.15. The molecule has 4 nitrogen and oxygen atoms in total. The van der Waals surface area contributed by atoms with E-state index in [1.54, 1.807) is 0 Å². The van der Waals surface area contributed by atoms with Crippen LogP contribution in [0.2, 0.25) is 0 Å². The Kier molecular flexibility index (Phi) is 8.00. The average Bonchev–Trinajstić information content (AvgIpc) is 2.11. The van der Waals surface area contributed by atoms with Crippen molar-refractivity contribution in [2.24, 2.45) is 5.73 Å². The summed E-state index contributed by atoms with van der Waals surface area (Å²) >= 11 is 0. The number of nitrogens with one attached hydrogen (secondary N) is 1. The van der Waals surface area contributed by atoms with E-state index in [1.165, 1.54) is 19.3 Å². The predicted molar refractivity (Wildman–Crippen MR) is 64.2 cm³/mol. The molecule has 1 unspecified atom stereocenters. The van der Waals surface area contributed by atoms with Crippen molar-refractivity contribution in [2.75, 3.05) is 12.3 Å². The molecule has 0 aromatic rings. The van der Waals surface area contributed by atoms with Crippen LogP contribution in [0.25, 0.3) is 0 Å². The van der Waals surface area contributed by atoms with Crippen LogP contribution in [0.4, 0.5) is 0 Å². The fourth-order valence-electron chi connectivity index (χ4n) is 1.46. The molecular formula is C10H24N2O2S. The standard InChI is InChI=1S/C10H24N2O2S/c1-3-4-5-6-7-10(2)12-15(13,14)9-8-11/h10,12H,3-9,11H2,1-2H3. The van der Waals surface area contributed by atoms with E-state index in [2.05, 4.69) is 11.6 Å². The zero-order valence-electron chi connectivity index (χ0n) is 9.83. The summed E-state index contributed by atoms with van der Waals surface area (Å²) in [5.74, 6) is 0.0201. The minimum Gasteiger partial charge on any atom is -0.329 e. The van der Waals surface area contributed by atoms with Crippen molar-refractivity contribution >= 4 is 10.0 Å². The quantitative estimate of drug-likeness (QED) is 0.591. The summed E-state index contributed by atoms with van der Waals surface area (Å²) in [4.78, 5) is 0. The normalized spacial score (nSPS) is 14.1. The first-order chi connectivity index (χ1) is 7.02. The Bertz CT molecular complexity index is 240. The Hall–Kier alpha value is -0.130.